The first-order chi connectivity index (χ1) is 12.0. The number of nitrogens with one attached hydrogen (secondary N) is 1. The Bertz CT molecular complexity index is 752. The molecule has 1 fully saturated rings. The topological polar surface area (TPSA) is 44.8 Å². The van der Waals surface area contributed by atoms with Crippen LogP contribution in [-0.4, -0.2) is 46.3 Å². The lowest BCUT2D eigenvalue weighted by atomic mass is 10.1. The number of carbonyl (C=O) groups excluding carboxylic acids is 1. The van der Waals surface area contributed by atoms with Gasteiger partial charge in [-0.05, 0) is 48.9 Å². The van der Waals surface area contributed by atoms with Crippen molar-refractivity contribution in [1.29, 1.82) is 0 Å². The summed E-state index contributed by atoms with van der Waals surface area (Å²) in [6.07, 6.45) is 0. The van der Waals surface area contributed by atoms with Crippen molar-refractivity contribution in [3.8, 4) is 0 Å². The van der Waals surface area contributed by atoms with Crippen molar-refractivity contribution in [2.24, 2.45) is 0 Å². The molecule has 1 aliphatic heterocycles. The largest absolute Gasteiger partial charge is 0.378 e. The minimum absolute atomic E-state index is 0.0917. The third-order valence-electron chi connectivity index (χ3n) is 4.46. The summed E-state index contributed by atoms with van der Waals surface area (Å²) >= 11 is 0. The normalized spacial score (nSPS) is 14.3. The number of rotatable bonds is 4. The average molecular weight is 339 g/mol. The van der Waals surface area contributed by atoms with Crippen molar-refractivity contribution in [3.63, 3.8) is 0 Å². The number of hydrogen-bond donors (Lipinski definition) is 1. The Morgan fingerprint density at radius 1 is 1.12 bits per heavy atom. The summed E-state index contributed by atoms with van der Waals surface area (Å²) < 4.78 is 5.40. The number of nitrogens with zero attached hydrogens (tertiary/aromatic N) is 2. The standard InChI is InChI=1S/C20H25N3O2/c1-15-13-18(23-9-11-25-12-10-23)7-8-19(15)21-20(24)16-5-4-6-17(14-16)22(2)3/h4-8,13-14H,9-12H2,1-3H3,(H,21,24). The Labute approximate surface area is 149 Å². The molecule has 2 aromatic rings. The van der Waals surface area contributed by atoms with Crippen LogP contribution < -0.4 is 15.1 Å². The molecule has 1 aliphatic rings. The van der Waals surface area contributed by atoms with Crippen LogP contribution in [0.25, 0.3) is 0 Å². The maximum absolute atomic E-state index is 12.6. The molecule has 0 saturated carbocycles. The van der Waals surface area contributed by atoms with Gasteiger partial charge in [0.2, 0.25) is 0 Å². The number of anilines is 3. The fourth-order valence-corrected chi connectivity index (χ4v) is 2.93. The highest BCUT2D eigenvalue weighted by Gasteiger charge is 2.13. The molecule has 0 radical (unpaired) electrons. The van der Waals surface area contributed by atoms with Gasteiger partial charge in [0.1, 0.15) is 0 Å². The minimum atomic E-state index is -0.0917. The summed E-state index contributed by atoms with van der Waals surface area (Å²) in [6, 6.07) is 13.8. The summed E-state index contributed by atoms with van der Waals surface area (Å²) in [5.74, 6) is -0.0917. The Morgan fingerprint density at radius 2 is 1.88 bits per heavy atom. The predicted molar refractivity (Wildman–Crippen MR) is 103 cm³/mol. The fraction of sp³-hybridized carbons (Fsp3) is 0.350. The maximum atomic E-state index is 12.6. The average Bonchev–Trinajstić information content (AvgIpc) is 2.64. The lowest BCUT2D eigenvalue weighted by molar-refractivity contribution is 0.102. The van der Waals surface area contributed by atoms with Gasteiger partial charge < -0.3 is 19.9 Å². The van der Waals surface area contributed by atoms with Crippen LogP contribution in [0.3, 0.4) is 0 Å². The summed E-state index contributed by atoms with van der Waals surface area (Å²) in [5.41, 5.74) is 4.74. The van der Waals surface area contributed by atoms with Gasteiger partial charge in [-0.25, -0.2) is 0 Å². The van der Waals surface area contributed by atoms with Crippen LogP contribution >= 0.6 is 0 Å². The smallest absolute Gasteiger partial charge is 0.255 e. The molecule has 0 atom stereocenters. The number of amides is 1. The van der Waals surface area contributed by atoms with Gasteiger partial charge in [0.15, 0.2) is 0 Å². The first kappa shape index (κ1) is 17.3. The molecule has 5 heteroatoms. The number of ether oxygens (including phenoxy) is 1. The zero-order valence-corrected chi connectivity index (χ0v) is 15.1. The molecule has 3 rings (SSSR count). The molecule has 0 spiro atoms. The SMILES string of the molecule is Cc1cc(N2CCOCC2)ccc1NC(=O)c1cccc(N(C)C)c1. The highest BCUT2D eigenvalue weighted by molar-refractivity contribution is 6.05. The second-order valence-corrected chi connectivity index (χ2v) is 6.50. The van der Waals surface area contributed by atoms with E-state index in [-0.39, 0.29) is 5.91 Å². The second-order valence-electron chi connectivity index (χ2n) is 6.50. The van der Waals surface area contributed by atoms with Crippen molar-refractivity contribution in [2.45, 2.75) is 6.92 Å². The van der Waals surface area contributed by atoms with E-state index in [1.54, 1.807) is 0 Å². The van der Waals surface area contributed by atoms with Gasteiger partial charge in [-0.15, -0.1) is 0 Å². The van der Waals surface area contributed by atoms with E-state index < -0.39 is 0 Å². The van der Waals surface area contributed by atoms with E-state index in [4.69, 9.17) is 4.74 Å². The number of hydrogen-bond acceptors (Lipinski definition) is 4. The van der Waals surface area contributed by atoms with Crippen LogP contribution in [0.2, 0.25) is 0 Å². The molecular weight excluding hydrogens is 314 g/mol. The van der Waals surface area contributed by atoms with Crippen molar-refractivity contribution in [1.82, 2.24) is 0 Å². The van der Waals surface area contributed by atoms with Gasteiger partial charge in [0.25, 0.3) is 5.91 Å². The molecule has 5 nitrogen and oxygen atoms in total. The Balaban J connectivity index is 1.74. The Kier molecular flexibility index (Phi) is 5.24. The van der Waals surface area contributed by atoms with Crippen LogP contribution in [0.5, 0.6) is 0 Å². The first-order valence-electron chi connectivity index (χ1n) is 8.56. The summed E-state index contributed by atoms with van der Waals surface area (Å²) in [6.45, 7) is 5.36. The van der Waals surface area contributed by atoms with Crippen LogP contribution in [0.4, 0.5) is 17.1 Å². The van der Waals surface area contributed by atoms with E-state index >= 15 is 0 Å². The molecule has 1 saturated heterocycles. The van der Waals surface area contributed by atoms with E-state index in [0.29, 0.717) is 5.56 Å². The lowest BCUT2D eigenvalue weighted by Gasteiger charge is -2.29. The molecule has 132 valence electrons. The van der Waals surface area contributed by atoms with Crippen LogP contribution in [-0.2, 0) is 4.74 Å². The molecule has 1 heterocycles. The number of benzene rings is 2. The van der Waals surface area contributed by atoms with Crippen LogP contribution in [0, 0.1) is 6.92 Å². The second kappa shape index (κ2) is 7.57. The highest BCUT2D eigenvalue weighted by Crippen LogP contribution is 2.24. The molecule has 25 heavy (non-hydrogen) atoms. The van der Waals surface area contributed by atoms with Crippen LogP contribution in [0.1, 0.15) is 15.9 Å². The molecule has 1 N–H and O–H groups in total. The molecule has 0 bridgehead atoms. The first-order valence-corrected chi connectivity index (χ1v) is 8.56. The summed E-state index contributed by atoms with van der Waals surface area (Å²) in [7, 11) is 3.93. The molecule has 2 aromatic carbocycles. The van der Waals surface area contributed by atoms with E-state index in [2.05, 4.69) is 22.3 Å². The van der Waals surface area contributed by atoms with Crippen molar-refractivity contribution in [2.75, 3.05) is 55.5 Å². The summed E-state index contributed by atoms with van der Waals surface area (Å²) in [4.78, 5) is 16.9. The van der Waals surface area contributed by atoms with E-state index in [1.807, 2.05) is 56.3 Å². The van der Waals surface area contributed by atoms with Gasteiger partial charge in [-0.1, -0.05) is 6.07 Å². The van der Waals surface area contributed by atoms with Crippen molar-refractivity contribution in [3.05, 3.63) is 53.6 Å². The molecular formula is C20H25N3O2. The van der Waals surface area contributed by atoms with Gasteiger partial charge in [0, 0.05) is 49.8 Å². The Morgan fingerprint density at radius 3 is 2.56 bits per heavy atom. The van der Waals surface area contributed by atoms with E-state index in [1.165, 1.54) is 5.69 Å². The number of aryl methyl sites for hydroxylation is 1. The van der Waals surface area contributed by atoms with Crippen molar-refractivity contribution >= 4 is 23.0 Å². The number of morpholine rings is 1. The molecule has 0 unspecified atom stereocenters. The predicted octanol–water partition coefficient (Wildman–Crippen LogP) is 3.15. The highest BCUT2D eigenvalue weighted by atomic mass is 16.5. The van der Waals surface area contributed by atoms with E-state index in [9.17, 15) is 4.79 Å². The Hall–Kier alpha value is -2.53. The van der Waals surface area contributed by atoms with Crippen LogP contribution in [0.15, 0.2) is 42.5 Å². The van der Waals surface area contributed by atoms with Gasteiger partial charge in [-0.2, -0.15) is 0 Å². The third-order valence-corrected chi connectivity index (χ3v) is 4.46. The quantitative estimate of drug-likeness (QED) is 0.929. The lowest BCUT2D eigenvalue weighted by Crippen LogP contribution is -2.36. The number of carbonyl (C=O) groups is 1. The van der Waals surface area contributed by atoms with E-state index in [0.717, 1.165) is 43.2 Å². The zero-order chi connectivity index (χ0) is 17.8. The monoisotopic (exact) mass is 339 g/mol. The van der Waals surface area contributed by atoms with Crippen molar-refractivity contribution < 1.29 is 9.53 Å². The third kappa shape index (κ3) is 4.12. The minimum Gasteiger partial charge on any atom is -0.378 e. The van der Waals surface area contributed by atoms with Gasteiger partial charge in [-0.3, -0.25) is 4.79 Å². The van der Waals surface area contributed by atoms with Gasteiger partial charge in [0.05, 0.1) is 13.2 Å². The van der Waals surface area contributed by atoms with Gasteiger partial charge >= 0.3 is 0 Å². The fourth-order valence-electron chi connectivity index (χ4n) is 2.93. The molecule has 1 amide bonds. The molecule has 0 aromatic heterocycles. The zero-order valence-electron chi connectivity index (χ0n) is 15.1. The summed E-state index contributed by atoms with van der Waals surface area (Å²) in [5, 5.41) is 3.02. The molecule has 0 aliphatic carbocycles. The maximum Gasteiger partial charge on any atom is 0.255 e.